The second-order valence-corrected chi connectivity index (χ2v) is 4.67. The summed E-state index contributed by atoms with van der Waals surface area (Å²) in [6, 6.07) is 11.8. The van der Waals surface area contributed by atoms with Crippen LogP contribution in [-0.4, -0.2) is 21.9 Å². The molecule has 6 nitrogen and oxygen atoms in total. The maximum atomic E-state index is 5.58. The van der Waals surface area contributed by atoms with E-state index >= 15 is 0 Å². The summed E-state index contributed by atoms with van der Waals surface area (Å²) in [5.41, 5.74) is 9.88. The molecule has 3 N–H and O–H groups in total. The molecule has 0 aliphatic carbocycles. The van der Waals surface area contributed by atoms with Crippen LogP contribution in [0.4, 0.5) is 11.8 Å². The summed E-state index contributed by atoms with van der Waals surface area (Å²) in [4.78, 5) is 8.13. The predicted molar refractivity (Wildman–Crippen MR) is 82.7 cm³/mol. The molecule has 0 fully saturated rings. The van der Waals surface area contributed by atoms with Crippen LogP contribution in [0.1, 0.15) is 0 Å². The first-order valence-corrected chi connectivity index (χ1v) is 6.36. The van der Waals surface area contributed by atoms with Crippen molar-refractivity contribution < 1.29 is 4.42 Å². The molecule has 0 unspecified atom stereocenters. The summed E-state index contributed by atoms with van der Waals surface area (Å²) in [6.07, 6.45) is 0. The summed E-state index contributed by atoms with van der Waals surface area (Å²) in [5.74, 6) is 0.584. The lowest BCUT2D eigenvalue weighted by Crippen LogP contribution is -1.82. The fourth-order valence-electron chi connectivity index (χ4n) is 2.52. The van der Waals surface area contributed by atoms with Gasteiger partial charge >= 0.3 is 0 Å². The summed E-state index contributed by atoms with van der Waals surface area (Å²) in [6.45, 7) is 3.56. The van der Waals surface area contributed by atoms with Crippen LogP contribution in [0, 0.1) is 0 Å². The zero-order chi connectivity index (χ0) is 14.4. The van der Waals surface area contributed by atoms with Crippen molar-refractivity contribution in [1.82, 2.24) is 15.2 Å². The molecule has 4 rings (SSSR count). The molecular formula is C15H11N5O. The molecule has 2 heterocycles. The summed E-state index contributed by atoms with van der Waals surface area (Å²) in [5, 5.41) is 8.04. The Morgan fingerprint density at radius 3 is 3.00 bits per heavy atom. The number of benzene rings is 2. The number of hydrogen-bond acceptors (Lipinski definition) is 5. The van der Waals surface area contributed by atoms with Crippen LogP contribution in [-0.2, 0) is 0 Å². The minimum atomic E-state index is 0.164. The van der Waals surface area contributed by atoms with E-state index < -0.39 is 0 Å². The van der Waals surface area contributed by atoms with E-state index in [1.54, 1.807) is 0 Å². The van der Waals surface area contributed by atoms with E-state index in [1.807, 2.05) is 36.4 Å². The highest BCUT2D eigenvalue weighted by molar-refractivity contribution is 6.02. The number of aliphatic imine (C=N–C) groups is 1. The number of nitrogens with one attached hydrogen (secondary N) is 1. The highest BCUT2D eigenvalue weighted by Gasteiger charge is 2.12. The second-order valence-electron chi connectivity index (χ2n) is 4.67. The number of aromatic nitrogens is 3. The van der Waals surface area contributed by atoms with Gasteiger partial charge in [-0.2, -0.15) is 10.1 Å². The lowest BCUT2D eigenvalue weighted by Gasteiger charge is -2.03. The molecule has 0 saturated carbocycles. The third-order valence-electron chi connectivity index (χ3n) is 3.44. The van der Waals surface area contributed by atoms with Crippen LogP contribution in [0.2, 0.25) is 0 Å². The SMILES string of the molecule is C=Nc1n[nH]c2cccc(-c3ccc4oc(N)nc4c3)c12. The van der Waals surface area contributed by atoms with Crippen molar-refractivity contribution in [3.8, 4) is 11.1 Å². The Bertz CT molecular complexity index is 982. The van der Waals surface area contributed by atoms with Gasteiger partial charge < -0.3 is 10.2 Å². The number of H-pyrrole nitrogens is 1. The van der Waals surface area contributed by atoms with E-state index in [-0.39, 0.29) is 6.01 Å². The minimum Gasteiger partial charge on any atom is -0.424 e. The van der Waals surface area contributed by atoms with Crippen LogP contribution < -0.4 is 5.73 Å². The molecular weight excluding hydrogens is 266 g/mol. The maximum absolute atomic E-state index is 5.58. The van der Waals surface area contributed by atoms with E-state index in [4.69, 9.17) is 10.2 Å². The van der Waals surface area contributed by atoms with Gasteiger partial charge in [0.15, 0.2) is 11.4 Å². The summed E-state index contributed by atoms with van der Waals surface area (Å²) >= 11 is 0. The van der Waals surface area contributed by atoms with Gasteiger partial charge in [-0.1, -0.05) is 18.2 Å². The Balaban J connectivity index is 2.03. The number of oxazole rings is 1. The quantitative estimate of drug-likeness (QED) is 0.550. The van der Waals surface area contributed by atoms with Crippen molar-refractivity contribution in [3.05, 3.63) is 36.4 Å². The van der Waals surface area contributed by atoms with Gasteiger partial charge in [0.2, 0.25) is 0 Å². The van der Waals surface area contributed by atoms with Gasteiger partial charge in [0.05, 0.1) is 10.9 Å². The van der Waals surface area contributed by atoms with Gasteiger partial charge in [0.1, 0.15) is 5.52 Å². The van der Waals surface area contributed by atoms with E-state index in [0.29, 0.717) is 11.4 Å². The first-order valence-electron chi connectivity index (χ1n) is 6.36. The number of nitrogen functional groups attached to an aromatic ring is 1. The Hall–Kier alpha value is -3.15. The number of aromatic amines is 1. The molecule has 0 amide bonds. The van der Waals surface area contributed by atoms with Crippen LogP contribution in [0.5, 0.6) is 0 Å². The molecule has 2 aromatic heterocycles. The van der Waals surface area contributed by atoms with E-state index in [9.17, 15) is 0 Å². The van der Waals surface area contributed by atoms with Crippen LogP contribution in [0.25, 0.3) is 33.1 Å². The van der Waals surface area contributed by atoms with Gasteiger partial charge in [-0.3, -0.25) is 5.10 Å². The zero-order valence-electron chi connectivity index (χ0n) is 11.0. The van der Waals surface area contributed by atoms with Gasteiger partial charge in [-0.25, -0.2) is 4.99 Å². The fourth-order valence-corrected chi connectivity index (χ4v) is 2.52. The minimum absolute atomic E-state index is 0.164. The average molecular weight is 277 g/mol. The molecule has 2 aromatic carbocycles. The average Bonchev–Trinajstić information content (AvgIpc) is 3.07. The number of fused-ring (bicyclic) bond motifs is 2. The zero-order valence-corrected chi connectivity index (χ0v) is 11.0. The molecule has 0 atom stereocenters. The second kappa shape index (κ2) is 4.17. The molecule has 0 aliphatic rings. The van der Waals surface area contributed by atoms with Gasteiger partial charge in [-0.05, 0) is 36.0 Å². The Labute approximate surface area is 119 Å². The van der Waals surface area contributed by atoms with Crippen LogP contribution in [0.3, 0.4) is 0 Å². The number of anilines is 1. The van der Waals surface area contributed by atoms with Gasteiger partial charge in [0, 0.05) is 0 Å². The normalized spacial score (nSPS) is 11.2. The molecule has 0 saturated heterocycles. The number of nitrogens with two attached hydrogens (primary N) is 1. The van der Waals surface area contributed by atoms with Crippen molar-refractivity contribution in [2.75, 3.05) is 5.73 Å². The highest BCUT2D eigenvalue weighted by atomic mass is 16.4. The molecule has 21 heavy (non-hydrogen) atoms. The predicted octanol–water partition coefficient (Wildman–Crippen LogP) is 3.29. The lowest BCUT2D eigenvalue weighted by molar-refractivity contribution is 0.626. The van der Waals surface area contributed by atoms with Gasteiger partial charge in [-0.15, -0.1) is 0 Å². The van der Waals surface area contributed by atoms with Crippen molar-refractivity contribution in [3.63, 3.8) is 0 Å². The standard InChI is InChI=1S/C15H11N5O/c1-17-14-13-9(3-2-4-10(13)19-20-14)8-5-6-12-11(7-8)18-15(16)21-12/h2-7H,1H2,(H2,16,18)(H,19,20). The van der Waals surface area contributed by atoms with Crippen molar-refractivity contribution in [2.24, 2.45) is 4.99 Å². The number of rotatable bonds is 2. The maximum Gasteiger partial charge on any atom is 0.292 e. The molecule has 102 valence electrons. The Morgan fingerprint density at radius 1 is 1.24 bits per heavy atom. The smallest absolute Gasteiger partial charge is 0.292 e. The van der Waals surface area contributed by atoms with E-state index in [1.165, 1.54) is 0 Å². The van der Waals surface area contributed by atoms with Crippen molar-refractivity contribution >= 4 is 40.6 Å². The summed E-state index contributed by atoms with van der Waals surface area (Å²) in [7, 11) is 0. The first kappa shape index (κ1) is 11.7. The third-order valence-corrected chi connectivity index (χ3v) is 3.44. The molecule has 0 bridgehead atoms. The molecule has 0 radical (unpaired) electrons. The van der Waals surface area contributed by atoms with E-state index in [2.05, 4.69) is 26.9 Å². The van der Waals surface area contributed by atoms with Crippen LogP contribution in [0.15, 0.2) is 45.8 Å². The Morgan fingerprint density at radius 2 is 2.14 bits per heavy atom. The topological polar surface area (TPSA) is 93.1 Å². The fraction of sp³-hybridized carbons (Fsp3) is 0. The molecule has 0 spiro atoms. The Kier molecular flexibility index (Phi) is 2.32. The third kappa shape index (κ3) is 1.69. The molecule has 4 aromatic rings. The monoisotopic (exact) mass is 277 g/mol. The number of hydrogen-bond donors (Lipinski definition) is 2. The van der Waals surface area contributed by atoms with Gasteiger partial charge in [0.25, 0.3) is 6.01 Å². The molecule has 0 aliphatic heterocycles. The first-order chi connectivity index (χ1) is 10.3. The van der Waals surface area contributed by atoms with Crippen molar-refractivity contribution in [2.45, 2.75) is 0 Å². The molecule has 6 heteroatoms. The highest BCUT2D eigenvalue weighted by Crippen LogP contribution is 2.35. The summed E-state index contributed by atoms with van der Waals surface area (Å²) < 4.78 is 5.30. The van der Waals surface area contributed by atoms with Crippen molar-refractivity contribution in [1.29, 1.82) is 0 Å². The lowest BCUT2D eigenvalue weighted by atomic mass is 10.0. The van der Waals surface area contributed by atoms with E-state index in [0.717, 1.165) is 27.5 Å². The number of nitrogens with zero attached hydrogens (tertiary/aromatic N) is 3. The largest absolute Gasteiger partial charge is 0.424 e. The van der Waals surface area contributed by atoms with Crippen LogP contribution >= 0.6 is 0 Å².